The highest BCUT2D eigenvalue weighted by Crippen LogP contribution is 2.30. The number of aliphatic imine (C=N–C) groups is 1. The van der Waals surface area contributed by atoms with Crippen LogP contribution in [-0.2, 0) is 6.54 Å². The molecule has 0 spiro atoms. The molecule has 2 aromatic rings. The maximum absolute atomic E-state index is 13.7. The van der Waals surface area contributed by atoms with E-state index in [4.69, 9.17) is 9.47 Å². The molecule has 0 amide bonds. The predicted octanol–water partition coefficient (Wildman–Crippen LogP) is 3.34. The topological polar surface area (TPSA) is 54.9 Å². The van der Waals surface area contributed by atoms with Crippen LogP contribution in [0.4, 0.5) is 4.39 Å². The summed E-state index contributed by atoms with van der Waals surface area (Å²) in [5.74, 6) is 1.88. The number of benzene rings is 2. The molecule has 0 saturated carbocycles. The van der Waals surface area contributed by atoms with Gasteiger partial charge in [0, 0.05) is 12.1 Å². The van der Waals surface area contributed by atoms with Gasteiger partial charge in [-0.25, -0.2) is 9.38 Å². The van der Waals surface area contributed by atoms with E-state index in [1.54, 1.807) is 18.2 Å². The molecule has 2 N–H and O–H groups in total. The van der Waals surface area contributed by atoms with Crippen LogP contribution in [0.3, 0.4) is 0 Å². The first kappa shape index (κ1) is 20.3. The number of nitrogens with zero attached hydrogens (tertiary/aromatic N) is 1. The van der Waals surface area contributed by atoms with E-state index in [0.717, 1.165) is 11.5 Å². The van der Waals surface area contributed by atoms with E-state index in [1.807, 2.05) is 31.2 Å². The molecule has 0 radical (unpaired) electrons. The second-order valence-electron chi connectivity index (χ2n) is 5.67. The highest BCUT2D eigenvalue weighted by atomic mass is 127. The molecular weight excluding hydrogens is 448 g/mol. The molecule has 1 heterocycles. The monoisotopic (exact) mass is 471 g/mol. The largest absolute Gasteiger partial charge is 0.486 e. The summed E-state index contributed by atoms with van der Waals surface area (Å²) in [7, 11) is 0. The molecule has 0 aliphatic carbocycles. The number of halogens is 2. The Morgan fingerprint density at radius 3 is 2.62 bits per heavy atom. The van der Waals surface area contributed by atoms with E-state index < -0.39 is 0 Å². The van der Waals surface area contributed by atoms with E-state index >= 15 is 0 Å². The molecule has 2 aromatic carbocycles. The summed E-state index contributed by atoms with van der Waals surface area (Å²) in [6, 6.07) is 14.3. The zero-order valence-electron chi connectivity index (χ0n) is 14.6. The molecule has 0 fully saturated rings. The van der Waals surface area contributed by atoms with Gasteiger partial charge in [-0.3, -0.25) is 0 Å². The Balaban J connectivity index is 0.00000243. The lowest BCUT2D eigenvalue weighted by Crippen LogP contribution is -2.45. The summed E-state index contributed by atoms with van der Waals surface area (Å²) in [5, 5.41) is 6.37. The van der Waals surface area contributed by atoms with Crippen molar-refractivity contribution in [1.82, 2.24) is 10.6 Å². The fourth-order valence-corrected chi connectivity index (χ4v) is 2.51. The number of ether oxygens (including phenoxy) is 2. The summed E-state index contributed by atoms with van der Waals surface area (Å²) in [4.78, 5) is 4.43. The fraction of sp³-hybridized carbons (Fsp3) is 0.316. The minimum absolute atomic E-state index is 0. The maximum atomic E-state index is 13.7. The first-order valence-corrected chi connectivity index (χ1v) is 8.40. The van der Waals surface area contributed by atoms with Crippen LogP contribution in [0.5, 0.6) is 11.5 Å². The van der Waals surface area contributed by atoms with Crippen LogP contribution in [0.15, 0.2) is 53.5 Å². The number of hydrogen-bond donors (Lipinski definition) is 2. The number of guanidine groups is 1. The van der Waals surface area contributed by atoms with Crippen LogP contribution < -0.4 is 20.1 Å². The third kappa shape index (κ3) is 5.48. The molecule has 0 saturated heterocycles. The maximum Gasteiger partial charge on any atom is 0.191 e. The quantitative estimate of drug-likeness (QED) is 0.399. The van der Waals surface area contributed by atoms with Crippen LogP contribution >= 0.6 is 24.0 Å². The van der Waals surface area contributed by atoms with Gasteiger partial charge in [0.15, 0.2) is 17.5 Å². The normalized spacial score (nSPS) is 15.8. The van der Waals surface area contributed by atoms with Crippen LogP contribution in [0.1, 0.15) is 12.5 Å². The van der Waals surface area contributed by atoms with E-state index in [1.165, 1.54) is 6.07 Å². The third-order valence-corrected chi connectivity index (χ3v) is 3.77. The van der Waals surface area contributed by atoms with Crippen molar-refractivity contribution >= 4 is 29.9 Å². The summed E-state index contributed by atoms with van der Waals surface area (Å²) in [6.07, 6.45) is -0.118. The van der Waals surface area contributed by atoms with E-state index in [0.29, 0.717) is 31.2 Å². The Bertz CT molecular complexity index is 742. The Morgan fingerprint density at radius 1 is 1.12 bits per heavy atom. The van der Waals surface area contributed by atoms with Crippen molar-refractivity contribution in [1.29, 1.82) is 0 Å². The standard InChI is InChI=1S/C19H22FN3O2.HI/c1-2-21-19(22-11-14-7-3-4-8-16(14)20)23-12-15-13-24-17-9-5-6-10-18(17)25-15;/h3-10,15H,2,11-13H2,1H3,(H2,21,22,23);1H. The second-order valence-corrected chi connectivity index (χ2v) is 5.67. The first-order valence-electron chi connectivity index (χ1n) is 8.40. The first-order chi connectivity index (χ1) is 12.3. The van der Waals surface area contributed by atoms with Crippen molar-refractivity contribution in [2.24, 2.45) is 4.99 Å². The number of para-hydroxylation sites is 2. The smallest absolute Gasteiger partial charge is 0.191 e. The molecule has 1 atom stereocenters. The van der Waals surface area contributed by atoms with Crippen molar-refractivity contribution in [3.8, 4) is 11.5 Å². The second kappa shape index (κ2) is 10.2. The highest BCUT2D eigenvalue weighted by molar-refractivity contribution is 14.0. The molecule has 0 aromatic heterocycles. The van der Waals surface area contributed by atoms with Crippen LogP contribution in [0, 0.1) is 5.82 Å². The lowest BCUT2D eigenvalue weighted by Gasteiger charge is -2.27. The molecule has 140 valence electrons. The Kier molecular flexibility index (Phi) is 7.96. The number of nitrogens with one attached hydrogen (secondary N) is 2. The van der Waals surface area contributed by atoms with Gasteiger partial charge in [-0.1, -0.05) is 30.3 Å². The predicted molar refractivity (Wildman–Crippen MR) is 111 cm³/mol. The van der Waals surface area contributed by atoms with Crippen LogP contribution in [0.2, 0.25) is 0 Å². The van der Waals surface area contributed by atoms with Gasteiger partial charge in [-0.05, 0) is 25.1 Å². The summed E-state index contributed by atoms with van der Waals surface area (Å²) in [5.41, 5.74) is 0.561. The van der Waals surface area contributed by atoms with Gasteiger partial charge in [-0.2, -0.15) is 0 Å². The molecule has 5 nitrogen and oxygen atoms in total. The minimum Gasteiger partial charge on any atom is -0.486 e. The summed E-state index contributed by atoms with van der Waals surface area (Å²) >= 11 is 0. The molecule has 3 rings (SSSR count). The van der Waals surface area contributed by atoms with Gasteiger partial charge >= 0.3 is 0 Å². The number of fused-ring (bicyclic) bond motifs is 1. The molecule has 1 unspecified atom stereocenters. The van der Waals surface area contributed by atoms with Crippen molar-refractivity contribution < 1.29 is 13.9 Å². The van der Waals surface area contributed by atoms with E-state index in [9.17, 15) is 4.39 Å². The zero-order chi connectivity index (χ0) is 17.5. The van der Waals surface area contributed by atoms with Gasteiger partial charge in [0.1, 0.15) is 18.5 Å². The van der Waals surface area contributed by atoms with Crippen molar-refractivity contribution in [2.75, 3.05) is 19.7 Å². The average Bonchev–Trinajstić information content (AvgIpc) is 2.65. The van der Waals surface area contributed by atoms with Gasteiger partial charge in [-0.15, -0.1) is 24.0 Å². The molecule has 26 heavy (non-hydrogen) atoms. The Morgan fingerprint density at radius 2 is 1.85 bits per heavy atom. The van der Waals surface area contributed by atoms with Crippen molar-refractivity contribution in [2.45, 2.75) is 19.6 Å². The van der Waals surface area contributed by atoms with Gasteiger partial charge in [0.25, 0.3) is 0 Å². The highest BCUT2D eigenvalue weighted by Gasteiger charge is 2.20. The lowest BCUT2D eigenvalue weighted by atomic mass is 10.2. The summed E-state index contributed by atoms with van der Waals surface area (Å²) < 4.78 is 25.3. The van der Waals surface area contributed by atoms with E-state index in [2.05, 4.69) is 15.6 Å². The molecule has 7 heteroatoms. The Hall–Kier alpha value is -2.03. The molecule has 1 aliphatic rings. The average molecular weight is 471 g/mol. The number of hydrogen-bond acceptors (Lipinski definition) is 3. The fourth-order valence-electron chi connectivity index (χ4n) is 2.51. The zero-order valence-corrected chi connectivity index (χ0v) is 16.9. The van der Waals surface area contributed by atoms with Gasteiger partial charge in [0.05, 0.1) is 13.1 Å². The lowest BCUT2D eigenvalue weighted by molar-refractivity contribution is 0.0936. The molecule has 0 bridgehead atoms. The van der Waals surface area contributed by atoms with Crippen LogP contribution in [-0.4, -0.2) is 31.8 Å². The van der Waals surface area contributed by atoms with E-state index in [-0.39, 0.29) is 42.4 Å². The van der Waals surface area contributed by atoms with Crippen LogP contribution in [0.25, 0.3) is 0 Å². The molecule has 1 aliphatic heterocycles. The van der Waals surface area contributed by atoms with Gasteiger partial charge < -0.3 is 20.1 Å². The molecular formula is C19H23FIN3O2. The van der Waals surface area contributed by atoms with Gasteiger partial charge in [0.2, 0.25) is 0 Å². The third-order valence-electron chi connectivity index (χ3n) is 3.77. The Labute approximate surface area is 170 Å². The van der Waals surface area contributed by atoms with Crippen molar-refractivity contribution in [3.05, 3.63) is 59.9 Å². The SMILES string of the molecule is CCNC(=NCc1ccccc1F)NCC1COc2ccccc2O1.I. The summed E-state index contributed by atoms with van der Waals surface area (Å²) in [6.45, 7) is 3.98. The minimum atomic E-state index is -0.247. The number of rotatable bonds is 5. The van der Waals surface area contributed by atoms with Crippen molar-refractivity contribution in [3.63, 3.8) is 0 Å².